The second kappa shape index (κ2) is 5.69. The minimum absolute atomic E-state index is 0.386. The SMILES string of the molecule is COCc1ccc(/C=C(/C)C(C)O)cc1. The molecule has 1 atom stereocenters. The van der Waals surface area contributed by atoms with Gasteiger partial charge in [-0.25, -0.2) is 0 Å². The van der Waals surface area contributed by atoms with Gasteiger partial charge in [0, 0.05) is 7.11 Å². The van der Waals surface area contributed by atoms with Crippen molar-refractivity contribution in [1.82, 2.24) is 0 Å². The standard InChI is InChI=1S/C13H18O2/c1-10(11(2)14)8-12-4-6-13(7-5-12)9-15-3/h4-8,11,14H,9H2,1-3H3/b10-8-. The zero-order valence-electron chi connectivity index (χ0n) is 9.53. The summed E-state index contributed by atoms with van der Waals surface area (Å²) in [7, 11) is 1.69. The van der Waals surface area contributed by atoms with E-state index in [4.69, 9.17) is 4.74 Å². The number of hydrogen-bond donors (Lipinski definition) is 1. The fourth-order valence-electron chi connectivity index (χ4n) is 1.26. The number of aliphatic hydroxyl groups is 1. The molecule has 0 aliphatic heterocycles. The van der Waals surface area contributed by atoms with E-state index in [1.165, 1.54) is 0 Å². The summed E-state index contributed by atoms with van der Waals surface area (Å²) in [6.07, 6.45) is 1.60. The number of aliphatic hydroxyl groups excluding tert-OH is 1. The third kappa shape index (κ3) is 3.86. The first-order valence-electron chi connectivity index (χ1n) is 5.07. The first-order chi connectivity index (χ1) is 7.13. The lowest BCUT2D eigenvalue weighted by molar-refractivity contribution is 0.185. The van der Waals surface area contributed by atoms with Gasteiger partial charge >= 0.3 is 0 Å². The van der Waals surface area contributed by atoms with Crippen LogP contribution in [0.15, 0.2) is 29.8 Å². The molecule has 1 unspecified atom stereocenters. The molecule has 2 nitrogen and oxygen atoms in total. The molecule has 0 aliphatic rings. The summed E-state index contributed by atoms with van der Waals surface area (Å²) < 4.78 is 5.03. The summed E-state index contributed by atoms with van der Waals surface area (Å²) in [5.41, 5.74) is 3.23. The quantitative estimate of drug-likeness (QED) is 0.820. The van der Waals surface area contributed by atoms with Crippen molar-refractivity contribution in [2.75, 3.05) is 7.11 Å². The van der Waals surface area contributed by atoms with Gasteiger partial charge in [-0.05, 0) is 30.5 Å². The van der Waals surface area contributed by atoms with Crippen molar-refractivity contribution in [1.29, 1.82) is 0 Å². The van der Waals surface area contributed by atoms with Crippen LogP contribution in [-0.2, 0) is 11.3 Å². The molecular weight excluding hydrogens is 188 g/mol. The molecule has 0 fully saturated rings. The maximum absolute atomic E-state index is 9.33. The minimum Gasteiger partial charge on any atom is -0.389 e. The highest BCUT2D eigenvalue weighted by Gasteiger charge is 1.98. The van der Waals surface area contributed by atoms with Gasteiger partial charge in [0.15, 0.2) is 0 Å². The zero-order valence-corrected chi connectivity index (χ0v) is 9.53. The van der Waals surface area contributed by atoms with E-state index < -0.39 is 0 Å². The van der Waals surface area contributed by atoms with Crippen LogP contribution in [0.3, 0.4) is 0 Å². The Morgan fingerprint density at radius 1 is 1.40 bits per heavy atom. The van der Waals surface area contributed by atoms with Gasteiger partial charge in [-0.1, -0.05) is 30.3 Å². The van der Waals surface area contributed by atoms with Crippen molar-refractivity contribution < 1.29 is 9.84 Å². The lowest BCUT2D eigenvalue weighted by atomic mass is 10.1. The summed E-state index contributed by atoms with van der Waals surface area (Å²) in [5.74, 6) is 0. The van der Waals surface area contributed by atoms with Crippen molar-refractivity contribution in [2.45, 2.75) is 26.6 Å². The molecule has 0 saturated carbocycles. The average molecular weight is 206 g/mol. The molecule has 0 radical (unpaired) electrons. The molecule has 1 aromatic carbocycles. The van der Waals surface area contributed by atoms with Crippen LogP contribution >= 0.6 is 0 Å². The molecule has 1 rings (SSSR count). The topological polar surface area (TPSA) is 29.5 Å². The lowest BCUT2D eigenvalue weighted by Crippen LogP contribution is -2.00. The van der Waals surface area contributed by atoms with Crippen LogP contribution in [0, 0.1) is 0 Å². The number of hydrogen-bond acceptors (Lipinski definition) is 2. The molecule has 0 amide bonds. The predicted molar refractivity (Wildman–Crippen MR) is 62.5 cm³/mol. The van der Waals surface area contributed by atoms with Crippen LogP contribution in [0.5, 0.6) is 0 Å². The Kier molecular flexibility index (Phi) is 4.53. The van der Waals surface area contributed by atoms with E-state index in [-0.39, 0.29) is 6.10 Å². The van der Waals surface area contributed by atoms with Crippen LogP contribution < -0.4 is 0 Å². The fourth-order valence-corrected chi connectivity index (χ4v) is 1.26. The number of benzene rings is 1. The third-order valence-corrected chi connectivity index (χ3v) is 2.34. The van der Waals surface area contributed by atoms with E-state index in [2.05, 4.69) is 0 Å². The molecule has 0 heterocycles. The second-order valence-corrected chi connectivity index (χ2v) is 3.74. The van der Waals surface area contributed by atoms with Crippen molar-refractivity contribution >= 4 is 6.08 Å². The largest absolute Gasteiger partial charge is 0.389 e. The summed E-state index contributed by atoms with van der Waals surface area (Å²) in [6, 6.07) is 8.12. The Hall–Kier alpha value is -1.12. The van der Waals surface area contributed by atoms with Crippen molar-refractivity contribution in [3.05, 3.63) is 41.0 Å². The normalized spacial score (nSPS) is 14.0. The van der Waals surface area contributed by atoms with Crippen LogP contribution in [-0.4, -0.2) is 18.3 Å². The molecule has 1 aromatic rings. The lowest BCUT2D eigenvalue weighted by Gasteiger charge is -2.05. The maximum atomic E-state index is 9.33. The smallest absolute Gasteiger partial charge is 0.0722 e. The monoisotopic (exact) mass is 206 g/mol. The van der Waals surface area contributed by atoms with E-state index >= 15 is 0 Å². The molecule has 0 bridgehead atoms. The highest BCUT2D eigenvalue weighted by molar-refractivity contribution is 5.53. The van der Waals surface area contributed by atoms with Gasteiger partial charge in [0.2, 0.25) is 0 Å². The van der Waals surface area contributed by atoms with Crippen molar-refractivity contribution in [2.24, 2.45) is 0 Å². The van der Waals surface area contributed by atoms with E-state index in [9.17, 15) is 5.11 Å². The third-order valence-electron chi connectivity index (χ3n) is 2.34. The first kappa shape index (κ1) is 12.0. The van der Waals surface area contributed by atoms with Crippen LogP contribution in [0.2, 0.25) is 0 Å². The van der Waals surface area contributed by atoms with Crippen molar-refractivity contribution in [3.63, 3.8) is 0 Å². The van der Waals surface area contributed by atoms with Gasteiger partial charge in [0.05, 0.1) is 12.7 Å². The first-order valence-corrected chi connectivity index (χ1v) is 5.07. The summed E-state index contributed by atoms with van der Waals surface area (Å²) in [5, 5.41) is 9.33. The van der Waals surface area contributed by atoms with Gasteiger partial charge in [0.1, 0.15) is 0 Å². The Bertz CT molecular complexity index is 323. The molecule has 0 saturated heterocycles. The number of methoxy groups -OCH3 is 1. The van der Waals surface area contributed by atoms with Crippen LogP contribution in [0.1, 0.15) is 25.0 Å². The van der Waals surface area contributed by atoms with Gasteiger partial charge in [0.25, 0.3) is 0 Å². The van der Waals surface area contributed by atoms with E-state index in [0.717, 1.165) is 16.7 Å². The Labute approximate surface area is 91.2 Å². The van der Waals surface area contributed by atoms with Crippen LogP contribution in [0.4, 0.5) is 0 Å². The Morgan fingerprint density at radius 3 is 2.47 bits per heavy atom. The highest BCUT2D eigenvalue weighted by atomic mass is 16.5. The zero-order chi connectivity index (χ0) is 11.3. The summed E-state index contributed by atoms with van der Waals surface area (Å²) in [6.45, 7) is 4.33. The molecule has 0 aromatic heterocycles. The predicted octanol–water partition coefficient (Wildman–Crippen LogP) is 2.62. The minimum atomic E-state index is -0.386. The molecule has 0 aliphatic carbocycles. The molecule has 15 heavy (non-hydrogen) atoms. The van der Waals surface area contributed by atoms with Crippen LogP contribution in [0.25, 0.3) is 6.08 Å². The van der Waals surface area contributed by atoms with E-state index in [0.29, 0.717) is 6.61 Å². The molecular formula is C13H18O2. The Morgan fingerprint density at radius 2 is 2.00 bits per heavy atom. The van der Waals surface area contributed by atoms with Gasteiger partial charge in [-0.2, -0.15) is 0 Å². The molecule has 2 heteroatoms. The second-order valence-electron chi connectivity index (χ2n) is 3.74. The van der Waals surface area contributed by atoms with Gasteiger partial charge < -0.3 is 9.84 Å². The molecule has 1 N–H and O–H groups in total. The maximum Gasteiger partial charge on any atom is 0.0722 e. The van der Waals surface area contributed by atoms with Crippen molar-refractivity contribution in [3.8, 4) is 0 Å². The molecule has 0 spiro atoms. The fraction of sp³-hybridized carbons (Fsp3) is 0.385. The van der Waals surface area contributed by atoms with Gasteiger partial charge in [-0.15, -0.1) is 0 Å². The summed E-state index contributed by atoms with van der Waals surface area (Å²) in [4.78, 5) is 0. The summed E-state index contributed by atoms with van der Waals surface area (Å²) >= 11 is 0. The van der Waals surface area contributed by atoms with Gasteiger partial charge in [-0.3, -0.25) is 0 Å². The van der Waals surface area contributed by atoms with E-state index in [1.54, 1.807) is 14.0 Å². The average Bonchev–Trinajstić information content (AvgIpc) is 2.21. The number of rotatable bonds is 4. The number of ether oxygens (including phenoxy) is 1. The molecule has 82 valence electrons. The highest BCUT2D eigenvalue weighted by Crippen LogP contribution is 2.11. The van der Waals surface area contributed by atoms with E-state index in [1.807, 2.05) is 37.3 Å². The Balaban J connectivity index is 2.76.